The van der Waals surface area contributed by atoms with Gasteiger partial charge in [-0.2, -0.15) is 0 Å². The van der Waals surface area contributed by atoms with Crippen LogP contribution in [0.25, 0.3) is 0 Å². The normalized spacial score (nSPS) is 16.9. The van der Waals surface area contributed by atoms with E-state index in [0.29, 0.717) is 0 Å². The molecule has 1 heterocycles. The minimum absolute atomic E-state index is 0.0646. The molecule has 0 bridgehead atoms. The monoisotopic (exact) mass is 273 g/mol. The van der Waals surface area contributed by atoms with Gasteiger partial charge < -0.3 is 9.64 Å². The SMILES string of the molecule is CN(C)c1cccc(C2Cc3c(Cl)cccc3O2)c1. The molecule has 0 radical (unpaired) electrons. The van der Waals surface area contributed by atoms with Crippen molar-refractivity contribution in [2.75, 3.05) is 19.0 Å². The molecule has 0 aromatic heterocycles. The molecule has 98 valence electrons. The number of hydrogen-bond acceptors (Lipinski definition) is 2. The van der Waals surface area contributed by atoms with E-state index in [9.17, 15) is 0 Å². The Morgan fingerprint density at radius 1 is 1.16 bits per heavy atom. The summed E-state index contributed by atoms with van der Waals surface area (Å²) in [6, 6.07) is 14.3. The van der Waals surface area contributed by atoms with E-state index in [1.165, 1.54) is 11.3 Å². The first-order valence-electron chi connectivity index (χ1n) is 6.36. The highest BCUT2D eigenvalue weighted by Crippen LogP contribution is 2.40. The molecule has 0 N–H and O–H groups in total. The van der Waals surface area contributed by atoms with Crippen LogP contribution in [0.4, 0.5) is 5.69 Å². The van der Waals surface area contributed by atoms with Crippen molar-refractivity contribution in [2.24, 2.45) is 0 Å². The molecule has 0 saturated carbocycles. The van der Waals surface area contributed by atoms with Crippen LogP contribution >= 0.6 is 11.6 Å². The Bertz CT molecular complexity index is 609. The van der Waals surface area contributed by atoms with Crippen LogP contribution in [-0.2, 0) is 6.42 Å². The smallest absolute Gasteiger partial charge is 0.128 e. The highest BCUT2D eigenvalue weighted by atomic mass is 35.5. The van der Waals surface area contributed by atoms with E-state index in [-0.39, 0.29) is 6.10 Å². The molecule has 2 nitrogen and oxygen atoms in total. The summed E-state index contributed by atoms with van der Waals surface area (Å²) >= 11 is 6.22. The minimum atomic E-state index is 0.0646. The van der Waals surface area contributed by atoms with Gasteiger partial charge in [-0.25, -0.2) is 0 Å². The summed E-state index contributed by atoms with van der Waals surface area (Å²) in [5.41, 5.74) is 3.49. The number of ether oxygens (including phenoxy) is 1. The van der Waals surface area contributed by atoms with Crippen LogP contribution in [0, 0.1) is 0 Å². The molecular weight excluding hydrogens is 258 g/mol. The predicted octanol–water partition coefficient (Wildman–Crippen LogP) is 4.08. The van der Waals surface area contributed by atoms with Gasteiger partial charge >= 0.3 is 0 Å². The van der Waals surface area contributed by atoms with Crippen LogP contribution in [0.15, 0.2) is 42.5 Å². The van der Waals surface area contributed by atoms with Gasteiger partial charge in [0.05, 0.1) is 0 Å². The molecule has 1 aliphatic rings. The molecule has 0 aliphatic carbocycles. The van der Waals surface area contributed by atoms with E-state index in [2.05, 4.69) is 29.2 Å². The fourth-order valence-corrected chi connectivity index (χ4v) is 2.66. The number of hydrogen-bond donors (Lipinski definition) is 0. The van der Waals surface area contributed by atoms with Crippen molar-refractivity contribution in [1.82, 2.24) is 0 Å². The van der Waals surface area contributed by atoms with Crippen molar-refractivity contribution in [3.8, 4) is 5.75 Å². The van der Waals surface area contributed by atoms with E-state index in [0.717, 1.165) is 22.8 Å². The summed E-state index contributed by atoms with van der Waals surface area (Å²) in [7, 11) is 4.08. The number of fused-ring (bicyclic) bond motifs is 1. The number of halogens is 1. The molecule has 0 fully saturated rings. The topological polar surface area (TPSA) is 12.5 Å². The van der Waals surface area contributed by atoms with Crippen LogP contribution in [0.1, 0.15) is 17.2 Å². The molecule has 2 aromatic carbocycles. The van der Waals surface area contributed by atoms with Gasteiger partial charge in [-0.1, -0.05) is 29.8 Å². The van der Waals surface area contributed by atoms with E-state index >= 15 is 0 Å². The maximum absolute atomic E-state index is 6.22. The van der Waals surface area contributed by atoms with Crippen molar-refractivity contribution in [2.45, 2.75) is 12.5 Å². The first-order chi connectivity index (χ1) is 9.15. The van der Waals surface area contributed by atoms with E-state index in [1.807, 2.05) is 32.3 Å². The van der Waals surface area contributed by atoms with Gasteiger partial charge in [0.15, 0.2) is 0 Å². The zero-order valence-corrected chi connectivity index (χ0v) is 11.8. The summed E-state index contributed by atoms with van der Waals surface area (Å²) in [5, 5.41) is 0.795. The molecule has 2 aromatic rings. The van der Waals surface area contributed by atoms with Crippen LogP contribution in [-0.4, -0.2) is 14.1 Å². The lowest BCUT2D eigenvalue weighted by molar-refractivity contribution is 0.239. The molecule has 0 amide bonds. The lowest BCUT2D eigenvalue weighted by Crippen LogP contribution is -2.10. The van der Waals surface area contributed by atoms with Gasteiger partial charge in [-0.15, -0.1) is 0 Å². The Morgan fingerprint density at radius 2 is 1.95 bits per heavy atom. The molecule has 3 heteroatoms. The quantitative estimate of drug-likeness (QED) is 0.817. The molecule has 19 heavy (non-hydrogen) atoms. The summed E-state index contributed by atoms with van der Waals surface area (Å²) < 4.78 is 6.01. The summed E-state index contributed by atoms with van der Waals surface area (Å²) in [4.78, 5) is 2.10. The number of benzene rings is 2. The molecule has 0 saturated heterocycles. The van der Waals surface area contributed by atoms with Gasteiger partial charge in [0.1, 0.15) is 11.9 Å². The second kappa shape index (κ2) is 4.78. The highest BCUT2D eigenvalue weighted by molar-refractivity contribution is 6.31. The first-order valence-corrected chi connectivity index (χ1v) is 6.74. The molecule has 1 aliphatic heterocycles. The molecular formula is C16H16ClNO. The third kappa shape index (κ3) is 2.28. The fraction of sp³-hybridized carbons (Fsp3) is 0.250. The Hall–Kier alpha value is -1.67. The largest absolute Gasteiger partial charge is 0.485 e. The van der Waals surface area contributed by atoms with Crippen molar-refractivity contribution in [1.29, 1.82) is 0 Å². The van der Waals surface area contributed by atoms with Crippen LogP contribution in [0.3, 0.4) is 0 Å². The van der Waals surface area contributed by atoms with Crippen LogP contribution in [0.2, 0.25) is 5.02 Å². The van der Waals surface area contributed by atoms with E-state index in [4.69, 9.17) is 16.3 Å². The average molecular weight is 274 g/mol. The van der Waals surface area contributed by atoms with Crippen LogP contribution in [0.5, 0.6) is 5.75 Å². The van der Waals surface area contributed by atoms with Gasteiger partial charge in [-0.3, -0.25) is 0 Å². The first kappa shape index (κ1) is 12.4. The third-order valence-corrected chi connectivity index (χ3v) is 3.85. The van der Waals surface area contributed by atoms with Gasteiger partial charge in [-0.05, 0) is 29.8 Å². The maximum atomic E-state index is 6.22. The standard InChI is InChI=1S/C16H16ClNO/c1-18(2)12-6-3-5-11(9-12)16-10-13-14(17)7-4-8-15(13)19-16/h3-9,16H,10H2,1-2H3. The van der Waals surface area contributed by atoms with Gasteiger partial charge in [0.2, 0.25) is 0 Å². The Labute approximate surface area is 118 Å². The second-order valence-corrected chi connectivity index (χ2v) is 5.42. The zero-order chi connectivity index (χ0) is 13.4. The Kier molecular flexibility index (Phi) is 3.11. The van der Waals surface area contributed by atoms with Crippen molar-refractivity contribution >= 4 is 17.3 Å². The summed E-state index contributed by atoms with van der Waals surface area (Å²) in [5.74, 6) is 0.910. The van der Waals surface area contributed by atoms with Crippen LogP contribution < -0.4 is 9.64 Å². The van der Waals surface area contributed by atoms with E-state index < -0.39 is 0 Å². The lowest BCUT2D eigenvalue weighted by Gasteiger charge is -2.16. The second-order valence-electron chi connectivity index (χ2n) is 5.02. The number of rotatable bonds is 2. The number of nitrogens with zero attached hydrogens (tertiary/aromatic N) is 1. The molecule has 3 rings (SSSR count). The van der Waals surface area contributed by atoms with Crippen molar-refractivity contribution < 1.29 is 4.74 Å². The fourth-order valence-electron chi connectivity index (χ4n) is 2.42. The summed E-state index contributed by atoms with van der Waals surface area (Å²) in [6.45, 7) is 0. The van der Waals surface area contributed by atoms with E-state index in [1.54, 1.807) is 0 Å². The Balaban J connectivity index is 1.91. The van der Waals surface area contributed by atoms with Gasteiger partial charge in [0.25, 0.3) is 0 Å². The lowest BCUT2D eigenvalue weighted by atomic mass is 10.0. The van der Waals surface area contributed by atoms with Crippen molar-refractivity contribution in [3.05, 3.63) is 58.6 Å². The van der Waals surface area contributed by atoms with Gasteiger partial charge in [0, 0.05) is 36.8 Å². The zero-order valence-electron chi connectivity index (χ0n) is 11.1. The highest BCUT2D eigenvalue weighted by Gasteiger charge is 2.26. The minimum Gasteiger partial charge on any atom is -0.485 e. The third-order valence-electron chi connectivity index (χ3n) is 3.49. The average Bonchev–Trinajstić information content (AvgIpc) is 2.84. The maximum Gasteiger partial charge on any atom is 0.128 e. The number of anilines is 1. The Morgan fingerprint density at radius 3 is 2.68 bits per heavy atom. The molecule has 0 spiro atoms. The predicted molar refractivity (Wildman–Crippen MR) is 79.3 cm³/mol. The molecule has 1 unspecified atom stereocenters. The molecule has 1 atom stereocenters. The summed E-state index contributed by atoms with van der Waals surface area (Å²) in [6.07, 6.45) is 0.904. The van der Waals surface area contributed by atoms with Crippen molar-refractivity contribution in [3.63, 3.8) is 0 Å².